The van der Waals surface area contributed by atoms with Gasteiger partial charge in [0.2, 0.25) is 0 Å². The van der Waals surface area contributed by atoms with E-state index >= 15 is 0 Å². The molecule has 1 aliphatic carbocycles. The van der Waals surface area contributed by atoms with Crippen molar-refractivity contribution in [3.05, 3.63) is 0 Å². The van der Waals surface area contributed by atoms with Crippen molar-refractivity contribution in [2.45, 2.75) is 51.0 Å². The van der Waals surface area contributed by atoms with E-state index in [4.69, 9.17) is 0 Å². The van der Waals surface area contributed by atoms with Crippen LogP contribution in [0.25, 0.3) is 0 Å². The molecule has 0 amide bonds. The van der Waals surface area contributed by atoms with Gasteiger partial charge in [0, 0.05) is 6.04 Å². The Morgan fingerprint density at radius 2 is 1.85 bits per heavy atom. The number of nitrogens with zero attached hydrogens (tertiary/aromatic N) is 1. The van der Waals surface area contributed by atoms with Crippen LogP contribution < -0.4 is 0 Å². The summed E-state index contributed by atoms with van der Waals surface area (Å²) >= 11 is 4.21. The summed E-state index contributed by atoms with van der Waals surface area (Å²) in [6, 6.07) is 0.921. The highest BCUT2D eigenvalue weighted by atomic mass is 32.1. The van der Waals surface area contributed by atoms with Crippen molar-refractivity contribution in [2.24, 2.45) is 0 Å². The van der Waals surface area contributed by atoms with Crippen molar-refractivity contribution in [3.8, 4) is 0 Å². The summed E-state index contributed by atoms with van der Waals surface area (Å²) in [6.07, 6.45) is 9.74. The van der Waals surface area contributed by atoms with Crippen molar-refractivity contribution in [2.75, 3.05) is 19.3 Å². The maximum Gasteiger partial charge on any atom is 0.00922 e. The third-order valence-electron chi connectivity index (χ3n) is 3.12. The molecule has 0 aromatic rings. The van der Waals surface area contributed by atoms with E-state index in [2.05, 4.69) is 24.6 Å². The minimum absolute atomic E-state index is 0.921. The molecule has 1 rings (SSSR count). The molecular formula is C11H23NS. The zero-order valence-corrected chi connectivity index (χ0v) is 9.73. The van der Waals surface area contributed by atoms with Crippen LogP contribution >= 0.6 is 12.6 Å². The smallest absolute Gasteiger partial charge is 0.00922 e. The molecular weight excluding hydrogens is 178 g/mol. The fraction of sp³-hybridized carbons (Fsp3) is 1.00. The van der Waals surface area contributed by atoms with Crippen LogP contribution in [0.5, 0.6) is 0 Å². The van der Waals surface area contributed by atoms with Gasteiger partial charge in [-0.05, 0) is 45.0 Å². The van der Waals surface area contributed by atoms with Gasteiger partial charge in [0.25, 0.3) is 0 Å². The molecule has 13 heavy (non-hydrogen) atoms. The first-order valence-corrected chi connectivity index (χ1v) is 6.29. The maximum atomic E-state index is 4.21. The summed E-state index contributed by atoms with van der Waals surface area (Å²) < 4.78 is 0. The average molecular weight is 201 g/mol. The van der Waals surface area contributed by atoms with Gasteiger partial charge in [0.1, 0.15) is 0 Å². The normalized spacial score (nSPS) is 17.8. The van der Waals surface area contributed by atoms with Gasteiger partial charge < -0.3 is 4.90 Å². The van der Waals surface area contributed by atoms with E-state index in [0.29, 0.717) is 0 Å². The van der Waals surface area contributed by atoms with Crippen molar-refractivity contribution in [1.29, 1.82) is 0 Å². The minimum Gasteiger partial charge on any atom is -0.303 e. The van der Waals surface area contributed by atoms with E-state index in [9.17, 15) is 0 Å². The third kappa shape index (κ3) is 4.37. The second-order valence-corrected chi connectivity index (χ2v) is 4.65. The molecule has 0 N–H and O–H groups in total. The molecule has 0 spiro atoms. The van der Waals surface area contributed by atoms with Crippen LogP contribution in [-0.2, 0) is 0 Å². The van der Waals surface area contributed by atoms with Gasteiger partial charge in [-0.1, -0.05) is 19.3 Å². The Labute approximate surface area is 88.3 Å². The Hall–Kier alpha value is 0.310. The highest BCUT2D eigenvalue weighted by Gasteiger charge is 2.20. The van der Waals surface area contributed by atoms with Crippen molar-refractivity contribution in [3.63, 3.8) is 0 Å². The zero-order chi connectivity index (χ0) is 9.52. The number of unbranched alkanes of at least 4 members (excludes halogenated alkanes) is 3. The molecule has 0 atom stereocenters. The molecule has 0 unspecified atom stereocenters. The Balaban J connectivity index is 1.86. The Bertz CT molecular complexity index is 123. The molecule has 1 aliphatic rings. The van der Waals surface area contributed by atoms with E-state index in [1.165, 1.54) is 51.5 Å². The quantitative estimate of drug-likeness (QED) is 0.489. The number of thiol groups is 1. The summed E-state index contributed by atoms with van der Waals surface area (Å²) in [6.45, 7) is 1.30. The molecule has 1 nitrogen and oxygen atoms in total. The van der Waals surface area contributed by atoms with Crippen molar-refractivity contribution in [1.82, 2.24) is 4.90 Å². The maximum absolute atomic E-state index is 4.21. The molecule has 0 saturated heterocycles. The number of hydrogen-bond donors (Lipinski definition) is 1. The van der Waals surface area contributed by atoms with Crippen LogP contribution in [0.4, 0.5) is 0 Å². The minimum atomic E-state index is 0.921. The van der Waals surface area contributed by atoms with Gasteiger partial charge in [-0.2, -0.15) is 12.6 Å². The fourth-order valence-electron chi connectivity index (χ4n) is 1.84. The highest BCUT2D eigenvalue weighted by Crippen LogP contribution is 2.23. The lowest BCUT2D eigenvalue weighted by molar-refractivity contribution is 0.157. The molecule has 0 aromatic carbocycles. The molecule has 0 aliphatic heterocycles. The van der Waals surface area contributed by atoms with Crippen LogP contribution in [0.2, 0.25) is 0 Å². The molecule has 0 bridgehead atoms. The number of hydrogen-bond acceptors (Lipinski definition) is 2. The topological polar surface area (TPSA) is 3.24 Å². The van der Waals surface area contributed by atoms with Crippen LogP contribution in [0.15, 0.2) is 0 Å². The van der Waals surface area contributed by atoms with Crippen LogP contribution in [0.3, 0.4) is 0 Å². The van der Waals surface area contributed by atoms with Gasteiger partial charge >= 0.3 is 0 Å². The Morgan fingerprint density at radius 3 is 2.38 bits per heavy atom. The van der Waals surface area contributed by atoms with Crippen molar-refractivity contribution < 1.29 is 0 Å². The molecule has 0 heterocycles. The molecule has 0 radical (unpaired) electrons. The van der Waals surface area contributed by atoms with Gasteiger partial charge in [0.15, 0.2) is 0 Å². The lowest BCUT2D eigenvalue weighted by atomic mass is 9.92. The average Bonchev–Trinajstić information content (AvgIpc) is 2.01. The zero-order valence-electron chi connectivity index (χ0n) is 8.84. The molecule has 1 saturated carbocycles. The van der Waals surface area contributed by atoms with Gasteiger partial charge in [-0.25, -0.2) is 0 Å². The lowest BCUT2D eigenvalue weighted by Gasteiger charge is -2.34. The molecule has 78 valence electrons. The van der Waals surface area contributed by atoms with E-state index in [1.54, 1.807) is 0 Å². The predicted molar refractivity (Wildman–Crippen MR) is 62.6 cm³/mol. The van der Waals surface area contributed by atoms with E-state index in [1.807, 2.05) is 0 Å². The predicted octanol–water partition coefficient (Wildman–Crippen LogP) is 2.96. The summed E-state index contributed by atoms with van der Waals surface area (Å²) in [5, 5.41) is 0. The van der Waals surface area contributed by atoms with Gasteiger partial charge in [-0.15, -0.1) is 0 Å². The highest BCUT2D eigenvalue weighted by molar-refractivity contribution is 7.80. The first kappa shape index (κ1) is 11.4. The summed E-state index contributed by atoms with van der Waals surface area (Å²) in [7, 11) is 2.28. The fourth-order valence-corrected chi connectivity index (χ4v) is 2.06. The van der Waals surface area contributed by atoms with Crippen LogP contribution in [0.1, 0.15) is 44.9 Å². The lowest BCUT2D eigenvalue weighted by Crippen LogP contribution is -2.37. The Kier molecular flexibility index (Phi) is 5.88. The summed E-state index contributed by atoms with van der Waals surface area (Å²) in [5.74, 6) is 1.05. The Morgan fingerprint density at radius 1 is 1.15 bits per heavy atom. The van der Waals surface area contributed by atoms with E-state index in [0.717, 1.165) is 11.8 Å². The molecule has 1 fully saturated rings. The van der Waals surface area contributed by atoms with Crippen LogP contribution in [-0.4, -0.2) is 30.3 Å². The standard InChI is InChI=1S/C11H23NS/c1-12(11-7-6-8-11)9-4-2-3-5-10-13/h11,13H,2-10H2,1H3. The van der Waals surface area contributed by atoms with Crippen LogP contribution in [0, 0.1) is 0 Å². The first-order valence-electron chi connectivity index (χ1n) is 5.65. The van der Waals surface area contributed by atoms with Crippen molar-refractivity contribution >= 4 is 12.6 Å². The van der Waals surface area contributed by atoms with Gasteiger partial charge in [0.05, 0.1) is 0 Å². The van der Waals surface area contributed by atoms with Gasteiger partial charge in [-0.3, -0.25) is 0 Å². The van der Waals surface area contributed by atoms with E-state index in [-0.39, 0.29) is 0 Å². The molecule has 0 aromatic heterocycles. The second-order valence-electron chi connectivity index (χ2n) is 4.20. The SMILES string of the molecule is CN(CCCCCCS)C1CCC1. The first-order chi connectivity index (χ1) is 6.34. The third-order valence-corrected chi connectivity index (χ3v) is 3.43. The largest absolute Gasteiger partial charge is 0.303 e. The summed E-state index contributed by atoms with van der Waals surface area (Å²) in [4.78, 5) is 2.55. The summed E-state index contributed by atoms with van der Waals surface area (Å²) in [5.41, 5.74) is 0. The number of rotatable bonds is 7. The second kappa shape index (κ2) is 6.72. The molecule has 2 heteroatoms. The monoisotopic (exact) mass is 201 g/mol. The van der Waals surface area contributed by atoms with E-state index < -0.39 is 0 Å².